The van der Waals surface area contributed by atoms with Crippen molar-refractivity contribution in [3.8, 4) is 0 Å². The molecule has 0 N–H and O–H groups in total. The zero-order chi connectivity index (χ0) is 8.77. The van der Waals surface area contributed by atoms with Gasteiger partial charge in [0.05, 0.1) is 17.7 Å². The molecule has 2 rings (SSSR count). The fourth-order valence-corrected chi connectivity index (χ4v) is 2.77. The first-order valence-corrected chi connectivity index (χ1v) is 4.99. The highest BCUT2D eigenvalue weighted by molar-refractivity contribution is 6.17. The van der Waals surface area contributed by atoms with Gasteiger partial charge < -0.3 is 9.47 Å². The van der Waals surface area contributed by atoms with Crippen LogP contribution >= 0.6 is 0 Å². The third kappa shape index (κ3) is 0.975. The number of hydrogen-bond acceptors (Lipinski definition) is 2. The van der Waals surface area contributed by atoms with E-state index in [1.165, 1.54) is 0 Å². The summed E-state index contributed by atoms with van der Waals surface area (Å²) in [6.07, 6.45) is 2.54. The van der Waals surface area contributed by atoms with Crippen molar-refractivity contribution in [2.45, 2.75) is 43.3 Å². The van der Waals surface area contributed by atoms with Crippen LogP contribution in [-0.2, 0) is 9.47 Å². The van der Waals surface area contributed by atoms with E-state index in [0.29, 0.717) is 17.9 Å². The fraction of sp³-hybridized carbons (Fsp3) is 1.00. The zero-order valence-electron chi connectivity index (χ0n) is 8.17. The minimum absolute atomic E-state index is 0.141. The SMILES string of the molecule is B[C@@H]1O[C@@]2(CC)CCOC1[C@H]2B. The molecule has 2 bridgehead atoms. The second-order valence-corrected chi connectivity index (χ2v) is 4.12. The predicted molar refractivity (Wildman–Crippen MR) is 53.1 cm³/mol. The van der Waals surface area contributed by atoms with E-state index >= 15 is 0 Å². The molecule has 0 aliphatic carbocycles. The molecule has 0 aromatic rings. The Bertz CT molecular complexity index is 188. The standard InChI is InChI=1S/C8H16B2O2/c1-2-8-3-4-11-5(6(8)9)7(10)12-8/h5-7H,2-4,9-10H2,1H3/t5?,6-,7-,8+/m1/s1. The molecule has 2 nitrogen and oxygen atoms in total. The van der Waals surface area contributed by atoms with Crippen molar-refractivity contribution in [3.05, 3.63) is 0 Å². The summed E-state index contributed by atoms with van der Waals surface area (Å²) in [6.45, 7) is 3.10. The monoisotopic (exact) mass is 166 g/mol. The summed E-state index contributed by atoms with van der Waals surface area (Å²) in [5.74, 6) is 0.575. The highest BCUT2D eigenvalue weighted by Gasteiger charge is 2.52. The van der Waals surface area contributed by atoms with Crippen LogP contribution in [0.3, 0.4) is 0 Å². The average Bonchev–Trinajstić information content (AvgIpc) is 2.23. The highest BCUT2D eigenvalue weighted by atomic mass is 16.6. The molecule has 2 aliphatic rings. The lowest BCUT2D eigenvalue weighted by Gasteiger charge is -2.36. The zero-order valence-corrected chi connectivity index (χ0v) is 8.17. The fourth-order valence-electron chi connectivity index (χ4n) is 2.77. The Morgan fingerprint density at radius 1 is 1.50 bits per heavy atom. The maximum atomic E-state index is 6.01. The molecule has 66 valence electrons. The largest absolute Gasteiger partial charge is 0.378 e. The second kappa shape index (κ2) is 2.78. The predicted octanol–water partition coefficient (Wildman–Crippen LogP) is -0.665. The van der Waals surface area contributed by atoms with Gasteiger partial charge >= 0.3 is 0 Å². The van der Waals surface area contributed by atoms with E-state index < -0.39 is 0 Å². The van der Waals surface area contributed by atoms with E-state index in [2.05, 4.69) is 22.6 Å². The molecule has 0 aromatic heterocycles. The molecule has 0 spiro atoms. The number of hydrogen-bond donors (Lipinski definition) is 0. The number of fused-ring (bicyclic) bond motifs is 2. The van der Waals surface area contributed by atoms with Crippen molar-refractivity contribution >= 4 is 15.7 Å². The van der Waals surface area contributed by atoms with Gasteiger partial charge in [0.15, 0.2) is 0 Å². The lowest BCUT2D eigenvalue weighted by atomic mass is 9.66. The molecule has 4 atom stereocenters. The molecular formula is C8H16B2O2. The molecule has 0 radical (unpaired) electrons. The van der Waals surface area contributed by atoms with Gasteiger partial charge in [0, 0.05) is 6.61 Å². The van der Waals surface area contributed by atoms with E-state index in [9.17, 15) is 0 Å². The summed E-state index contributed by atoms with van der Waals surface area (Å²) in [5, 5.41) is 0. The van der Waals surface area contributed by atoms with Crippen LogP contribution in [0.2, 0.25) is 5.82 Å². The van der Waals surface area contributed by atoms with Crippen LogP contribution in [0.5, 0.6) is 0 Å². The third-order valence-corrected chi connectivity index (χ3v) is 3.64. The molecule has 2 fully saturated rings. The van der Waals surface area contributed by atoms with Crippen molar-refractivity contribution in [2.24, 2.45) is 0 Å². The van der Waals surface area contributed by atoms with Crippen LogP contribution in [0, 0.1) is 0 Å². The molecule has 0 saturated carbocycles. The molecule has 2 aliphatic heterocycles. The molecule has 0 amide bonds. The second-order valence-electron chi connectivity index (χ2n) is 4.12. The summed E-state index contributed by atoms with van der Waals surface area (Å²) < 4.78 is 11.7. The highest BCUT2D eigenvalue weighted by Crippen LogP contribution is 2.47. The van der Waals surface area contributed by atoms with Gasteiger partial charge in [-0.2, -0.15) is 0 Å². The van der Waals surface area contributed by atoms with Crippen molar-refractivity contribution in [2.75, 3.05) is 6.61 Å². The first-order valence-electron chi connectivity index (χ1n) is 4.99. The molecule has 1 unspecified atom stereocenters. The van der Waals surface area contributed by atoms with Crippen molar-refractivity contribution in [3.63, 3.8) is 0 Å². The minimum Gasteiger partial charge on any atom is -0.378 e. The summed E-state index contributed by atoms with van der Waals surface area (Å²) >= 11 is 0. The summed E-state index contributed by atoms with van der Waals surface area (Å²) in [6, 6.07) is 0.294. The first kappa shape index (κ1) is 8.64. The van der Waals surface area contributed by atoms with Crippen LogP contribution in [0.1, 0.15) is 19.8 Å². The van der Waals surface area contributed by atoms with Crippen LogP contribution in [0.4, 0.5) is 0 Å². The van der Waals surface area contributed by atoms with Crippen LogP contribution in [0.25, 0.3) is 0 Å². The third-order valence-electron chi connectivity index (χ3n) is 3.64. The van der Waals surface area contributed by atoms with E-state index in [1.54, 1.807) is 0 Å². The summed E-state index contributed by atoms with van der Waals surface area (Å²) in [4.78, 5) is 0. The minimum atomic E-state index is 0.141. The molecule has 4 heteroatoms. The Morgan fingerprint density at radius 2 is 2.25 bits per heavy atom. The Morgan fingerprint density at radius 3 is 2.83 bits per heavy atom. The van der Waals surface area contributed by atoms with Gasteiger partial charge in [0.1, 0.15) is 15.7 Å². The van der Waals surface area contributed by atoms with Gasteiger partial charge in [-0.15, -0.1) is 0 Å². The summed E-state index contributed by atoms with van der Waals surface area (Å²) in [5.41, 5.74) is 0.141. The van der Waals surface area contributed by atoms with Crippen molar-refractivity contribution < 1.29 is 9.47 Å². The van der Waals surface area contributed by atoms with Gasteiger partial charge in [0.25, 0.3) is 0 Å². The van der Waals surface area contributed by atoms with Crippen LogP contribution in [-0.4, -0.2) is 40.0 Å². The smallest absolute Gasteiger partial charge is 0.142 e. The lowest BCUT2D eigenvalue weighted by Crippen LogP contribution is -2.40. The molecule has 12 heavy (non-hydrogen) atoms. The Labute approximate surface area is 75.8 Å². The Balaban J connectivity index is 2.24. The normalized spacial score (nSPS) is 52.6. The summed E-state index contributed by atoms with van der Waals surface area (Å²) in [7, 11) is 4.39. The van der Waals surface area contributed by atoms with Crippen molar-refractivity contribution in [1.29, 1.82) is 0 Å². The maximum Gasteiger partial charge on any atom is 0.142 e. The quantitative estimate of drug-likeness (QED) is 0.481. The van der Waals surface area contributed by atoms with E-state index in [4.69, 9.17) is 9.47 Å². The van der Waals surface area contributed by atoms with Gasteiger partial charge in [-0.1, -0.05) is 6.92 Å². The van der Waals surface area contributed by atoms with E-state index in [-0.39, 0.29) is 5.60 Å². The van der Waals surface area contributed by atoms with E-state index in [0.717, 1.165) is 19.4 Å². The lowest BCUT2D eigenvalue weighted by molar-refractivity contribution is -0.0286. The first-order chi connectivity index (χ1) is 5.69. The Kier molecular flexibility index (Phi) is 2.00. The van der Waals surface area contributed by atoms with Crippen LogP contribution < -0.4 is 0 Å². The molecular weight excluding hydrogens is 150 g/mol. The van der Waals surface area contributed by atoms with Gasteiger partial charge in [-0.25, -0.2) is 0 Å². The number of rotatable bonds is 1. The van der Waals surface area contributed by atoms with Gasteiger partial charge in [0.2, 0.25) is 0 Å². The van der Waals surface area contributed by atoms with Crippen LogP contribution in [0.15, 0.2) is 0 Å². The van der Waals surface area contributed by atoms with E-state index in [1.807, 2.05) is 0 Å². The topological polar surface area (TPSA) is 18.5 Å². The number of ether oxygens (including phenoxy) is 2. The molecule has 0 aromatic carbocycles. The van der Waals surface area contributed by atoms with Gasteiger partial charge in [-0.3, -0.25) is 0 Å². The Hall–Kier alpha value is 0.0499. The van der Waals surface area contributed by atoms with Crippen molar-refractivity contribution in [1.82, 2.24) is 0 Å². The maximum absolute atomic E-state index is 6.01. The molecule has 2 heterocycles. The molecule has 2 saturated heterocycles. The van der Waals surface area contributed by atoms with Gasteiger partial charge in [-0.05, 0) is 18.7 Å². The average molecular weight is 166 g/mol.